The number of rotatable bonds is 4. The molecule has 0 aliphatic heterocycles. The molecule has 0 aliphatic rings. The van der Waals surface area contributed by atoms with Crippen LogP contribution < -0.4 is 11.1 Å². The van der Waals surface area contributed by atoms with E-state index in [9.17, 15) is 4.79 Å². The molecule has 0 spiro atoms. The maximum Gasteiger partial charge on any atom is 0.251 e. The van der Waals surface area contributed by atoms with Crippen LogP contribution >= 0.6 is 22.9 Å². The summed E-state index contributed by atoms with van der Waals surface area (Å²) in [7, 11) is 0. The zero-order valence-corrected chi connectivity index (χ0v) is 12.1. The number of amides is 1. The largest absolute Gasteiger partial charge is 0.398 e. The average molecular weight is 295 g/mol. The van der Waals surface area contributed by atoms with Crippen LogP contribution in [0.5, 0.6) is 0 Å². The number of halogens is 1. The Morgan fingerprint density at radius 2 is 2.26 bits per heavy atom. The zero-order valence-electron chi connectivity index (χ0n) is 10.5. The molecule has 0 radical (unpaired) electrons. The molecule has 100 valence electrons. The SMILES string of the molecule is CC(Cc1cccs1)NC(=O)c1ccc(N)c(Cl)c1. The van der Waals surface area contributed by atoms with Gasteiger partial charge in [0.2, 0.25) is 0 Å². The van der Waals surface area contributed by atoms with Crippen molar-refractivity contribution in [1.82, 2.24) is 5.32 Å². The summed E-state index contributed by atoms with van der Waals surface area (Å²) in [6.45, 7) is 1.98. The summed E-state index contributed by atoms with van der Waals surface area (Å²) in [5, 5.41) is 5.38. The van der Waals surface area contributed by atoms with Crippen LogP contribution in [0.2, 0.25) is 5.02 Å². The Kier molecular flexibility index (Phi) is 4.45. The molecule has 1 aromatic carbocycles. The third-order valence-electron chi connectivity index (χ3n) is 2.73. The van der Waals surface area contributed by atoms with E-state index in [1.807, 2.05) is 18.4 Å². The molecule has 3 nitrogen and oxygen atoms in total. The lowest BCUT2D eigenvalue weighted by atomic mass is 10.1. The molecule has 1 atom stereocenters. The molecule has 0 saturated carbocycles. The molecule has 2 rings (SSSR count). The summed E-state index contributed by atoms with van der Waals surface area (Å²) < 4.78 is 0. The number of nitrogen functional groups attached to an aromatic ring is 1. The quantitative estimate of drug-likeness (QED) is 0.850. The molecule has 1 amide bonds. The highest BCUT2D eigenvalue weighted by molar-refractivity contribution is 7.09. The average Bonchev–Trinajstić information content (AvgIpc) is 2.85. The molecular formula is C14H15ClN2OS. The standard InChI is InChI=1S/C14H15ClN2OS/c1-9(7-11-3-2-6-19-11)17-14(18)10-4-5-13(16)12(15)8-10/h2-6,8-9H,7,16H2,1H3,(H,17,18). The minimum Gasteiger partial charge on any atom is -0.398 e. The zero-order chi connectivity index (χ0) is 13.8. The van der Waals surface area contributed by atoms with Crippen molar-refractivity contribution in [3.63, 3.8) is 0 Å². The van der Waals surface area contributed by atoms with Gasteiger partial charge >= 0.3 is 0 Å². The molecule has 1 aromatic heterocycles. The highest BCUT2D eigenvalue weighted by atomic mass is 35.5. The molecule has 2 aromatic rings. The number of carbonyl (C=O) groups is 1. The molecule has 3 N–H and O–H groups in total. The van der Waals surface area contributed by atoms with Gasteiger partial charge in [-0.1, -0.05) is 17.7 Å². The number of hydrogen-bond donors (Lipinski definition) is 2. The van der Waals surface area contributed by atoms with E-state index < -0.39 is 0 Å². The Labute approximate surface area is 121 Å². The van der Waals surface area contributed by atoms with Crippen LogP contribution in [0.4, 0.5) is 5.69 Å². The van der Waals surface area contributed by atoms with Crippen LogP contribution in [-0.2, 0) is 6.42 Å². The predicted molar refractivity (Wildman–Crippen MR) is 80.8 cm³/mol. The molecular weight excluding hydrogens is 280 g/mol. The first-order chi connectivity index (χ1) is 9.06. The van der Waals surface area contributed by atoms with Gasteiger partial charge in [0.05, 0.1) is 10.7 Å². The Bertz CT molecular complexity index is 569. The molecule has 19 heavy (non-hydrogen) atoms. The van der Waals surface area contributed by atoms with Crippen molar-refractivity contribution in [1.29, 1.82) is 0 Å². The number of anilines is 1. The van der Waals surface area contributed by atoms with Gasteiger partial charge in [-0.25, -0.2) is 0 Å². The third kappa shape index (κ3) is 3.72. The van der Waals surface area contributed by atoms with Crippen LogP contribution in [0.3, 0.4) is 0 Å². The van der Waals surface area contributed by atoms with Crippen molar-refractivity contribution in [2.24, 2.45) is 0 Å². The van der Waals surface area contributed by atoms with Gasteiger partial charge in [0.25, 0.3) is 5.91 Å². The third-order valence-corrected chi connectivity index (χ3v) is 3.95. The van der Waals surface area contributed by atoms with Crippen LogP contribution in [0.25, 0.3) is 0 Å². The molecule has 1 unspecified atom stereocenters. The Balaban J connectivity index is 1.98. The molecule has 0 bridgehead atoms. The summed E-state index contributed by atoms with van der Waals surface area (Å²) in [5.41, 5.74) is 6.62. The minimum atomic E-state index is -0.133. The Hall–Kier alpha value is -1.52. The fraction of sp³-hybridized carbons (Fsp3) is 0.214. The maximum atomic E-state index is 12.0. The van der Waals surface area contributed by atoms with Crippen molar-refractivity contribution < 1.29 is 4.79 Å². The second-order valence-corrected chi connectivity index (χ2v) is 5.83. The van der Waals surface area contributed by atoms with E-state index in [0.29, 0.717) is 16.3 Å². The van der Waals surface area contributed by atoms with Gasteiger partial charge in [-0.05, 0) is 36.6 Å². The maximum absolute atomic E-state index is 12.0. The van der Waals surface area contributed by atoms with Crippen LogP contribution in [0.15, 0.2) is 35.7 Å². The van der Waals surface area contributed by atoms with Gasteiger partial charge in [-0.2, -0.15) is 0 Å². The second kappa shape index (κ2) is 6.08. The Morgan fingerprint density at radius 1 is 1.47 bits per heavy atom. The van der Waals surface area contributed by atoms with E-state index >= 15 is 0 Å². The number of nitrogens with one attached hydrogen (secondary N) is 1. The normalized spacial score (nSPS) is 12.1. The van der Waals surface area contributed by atoms with Gasteiger partial charge in [0.1, 0.15) is 0 Å². The van der Waals surface area contributed by atoms with E-state index in [4.69, 9.17) is 17.3 Å². The van der Waals surface area contributed by atoms with E-state index in [-0.39, 0.29) is 11.9 Å². The Morgan fingerprint density at radius 3 is 2.89 bits per heavy atom. The van der Waals surface area contributed by atoms with Crippen molar-refractivity contribution in [2.45, 2.75) is 19.4 Å². The van der Waals surface area contributed by atoms with Crippen LogP contribution in [0, 0.1) is 0 Å². The van der Waals surface area contributed by atoms with Crippen LogP contribution in [0.1, 0.15) is 22.2 Å². The smallest absolute Gasteiger partial charge is 0.251 e. The first-order valence-corrected chi connectivity index (χ1v) is 7.20. The van der Waals surface area contributed by atoms with E-state index in [1.165, 1.54) is 4.88 Å². The van der Waals surface area contributed by atoms with Gasteiger partial charge in [0, 0.05) is 22.9 Å². The summed E-state index contributed by atoms with van der Waals surface area (Å²) in [6, 6.07) is 9.05. The number of hydrogen-bond acceptors (Lipinski definition) is 3. The summed E-state index contributed by atoms with van der Waals surface area (Å²) in [5.74, 6) is -0.133. The van der Waals surface area contributed by atoms with Crippen molar-refractivity contribution in [3.8, 4) is 0 Å². The number of benzene rings is 1. The monoisotopic (exact) mass is 294 g/mol. The molecule has 0 saturated heterocycles. The topological polar surface area (TPSA) is 55.1 Å². The molecule has 0 aliphatic carbocycles. The predicted octanol–water partition coefficient (Wildman–Crippen LogP) is 3.34. The van der Waals surface area contributed by atoms with Gasteiger partial charge < -0.3 is 11.1 Å². The number of carbonyl (C=O) groups excluding carboxylic acids is 1. The highest BCUT2D eigenvalue weighted by Gasteiger charge is 2.11. The van der Waals surface area contributed by atoms with Crippen molar-refractivity contribution in [2.75, 3.05) is 5.73 Å². The first-order valence-electron chi connectivity index (χ1n) is 5.94. The highest BCUT2D eigenvalue weighted by Crippen LogP contribution is 2.19. The summed E-state index contributed by atoms with van der Waals surface area (Å²) in [6.07, 6.45) is 0.826. The molecule has 1 heterocycles. The van der Waals surface area contributed by atoms with E-state index in [2.05, 4.69) is 11.4 Å². The van der Waals surface area contributed by atoms with E-state index in [1.54, 1.807) is 29.5 Å². The van der Waals surface area contributed by atoms with Crippen LogP contribution in [-0.4, -0.2) is 11.9 Å². The lowest BCUT2D eigenvalue weighted by molar-refractivity contribution is 0.0940. The van der Waals surface area contributed by atoms with Crippen molar-refractivity contribution >= 4 is 34.5 Å². The number of nitrogens with two attached hydrogens (primary N) is 1. The lowest BCUT2D eigenvalue weighted by Gasteiger charge is -2.13. The van der Waals surface area contributed by atoms with E-state index in [0.717, 1.165) is 6.42 Å². The van der Waals surface area contributed by atoms with Crippen molar-refractivity contribution in [3.05, 3.63) is 51.2 Å². The van der Waals surface area contributed by atoms with Gasteiger partial charge in [-0.3, -0.25) is 4.79 Å². The van der Waals surface area contributed by atoms with Gasteiger partial charge in [0.15, 0.2) is 0 Å². The fourth-order valence-corrected chi connectivity index (χ4v) is 2.77. The fourth-order valence-electron chi connectivity index (χ4n) is 1.76. The molecule has 5 heteroatoms. The summed E-state index contributed by atoms with van der Waals surface area (Å²) >= 11 is 7.60. The second-order valence-electron chi connectivity index (χ2n) is 4.39. The first kappa shape index (κ1) is 13.9. The summed E-state index contributed by atoms with van der Waals surface area (Å²) in [4.78, 5) is 13.3. The number of thiophene rings is 1. The lowest BCUT2D eigenvalue weighted by Crippen LogP contribution is -2.33. The molecule has 0 fully saturated rings. The van der Waals surface area contributed by atoms with Gasteiger partial charge in [-0.15, -0.1) is 11.3 Å². The minimum absolute atomic E-state index is 0.0717.